The number of benzene rings is 1. The summed E-state index contributed by atoms with van der Waals surface area (Å²) in [4.78, 5) is 60.6. The number of nitrogens with two attached hydrogens (primary N) is 3. The molecule has 1 aromatic carbocycles. The number of carbonyl (C=O) groups is 4. The predicted molar refractivity (Wildman–Crippen MR) is 141 cm³/mol. The van der Waals surface area contributed by atoms with Crippen LogP contribution in [-0.2, 0) is 32.0 Å². The van der Waals surface area contributed by atoms with Crippen molar-refractivity contribution in [2.75, 3.05) is 6.54 Å². The van der Waals surface area contributed by atoms with E-state index in [2.05, 4.69) is 30.9 Å². The minimum Gasteiger partial charge on any atom is -0.508 e. The summed E-state index contributed by atoms with van der Waals surface area (Å²) >= 11 is 0. The van der Waals surface area contributed by atoms with Crippen molar-refractivity contribution in [2.24, 2.45) is 22.2 Å². The summed E-state index contributed by atoms with van der Waals surface area (Å²) < 4.78 is 0. The maximum Gasteiger partial charge on any atom is 0.326 e. The summed E-state index contributed by atoms with van der Waals surface area (Å²) in [5.74, 6) is -3.32. The maximum absolute atomic E-state index is 13.0. The third-order valence-electron chi connectivity index (χ3n) is 5.65. The Hall–Kier alpha value is -4.66. The number of aliphatic imine (C=N–C) groups is 1. The number of guanidine groups is 1. The van der Waals surface area contributed by atoms with Crippen LogP contribution in [0.3, 0.4) is 0 Å². The number of carboxylic acids is 1. The molecule has 0 saturated heterocycles. The summed E-state index contributed by atoms with van der Waals surface area (Å²) in [7, 11) is 0. The van der Waals surface area contributed by atoms with Crippen LogP contribution >= 0.6 is 0 Å². The number of amides is 3. The number of aliphatic carboxylic acids is 1. The second-order valence-electron chi connectivity index (χ2n) is 8.90. The van der Waals surface area contributed by atoms with E-state index < -0.39 is 47.9 Å². The van der Waals surface area contributed by atoms with Gasteiger partial charge in [0, 0.05) is 24.9 Å². The first-order chi connectivity index (χ1) is 18.5. The molecule has 2 rings (SSSR count). The Labute approximate surface area is 224 Å². The number of hydrogen-bond acceptors (Lipinski definition) is 8. The zero-order chi connectivity index (χ0) is 28.9. The molecule has 0 aliphatic rings. The summed E-state index contributed by atoms with van der Waals surface area (Å²) in [6.07, 6.45) is 3.36. The molecule has 0 aliphatic carbocycles. The minimum atomic E-state index is -1.26. The Bertz CT molecular complexity index is 1130. The fourth-order valence-electron chi connectivity index (χ4n) is 3.52. The quantitative estimate of drug-likeness (QED) is 0.0664. The highest BCUT2D eigenvalue weighted by Crippen LogP contribution is 2.11. The molecule has 0 aliphatic heterocycles. The first-order valence-electron chi connectivity index (χ1n) is 12.2. The molecule has 15 heteroatoms. The molecule has 1 aromatic heterocycles. The number of nitrogens with one attached hydrogen (secondary N) is 4. The molecule has 39 heavy (non-hydrogen) atoms. The molecule has 212 valence electrons. The van der Waals surface area contributed by atoms with Crippen molar-refractivity contribution in [1.82, 2.24) is 25.9 Å². The lowest BCUT2D eigenvalue weighted by Gasteiger charge is -2.23. The number of hydrogen-bond donors (Lipinski definition) is 9. The number of H-pyrrole nitrogens is 1. The maximum atomic E-state index is 13.0. The number of carbonyl (C=O) groups excluding carboxylic acids is 3. The van der Waals surface area contributed by atoms with Gasteiger partial charge in [-0.25, -0.2) is 9.78 Å². The van der Waals surface area contributed by atoms with Crippen LogP contribution in [0.15, 0.2) is 41.8 Å². The Morgan fingerprint density at radius 3 is 2.26 bits per heavy atom. The van der Waals surface area contributed by atoms with Crippen molar-refractivity contribution in [1.29, 1.82) is 0 Å². The van der Waals surface area contributed by atoms with Crippen LogP contribution in [-0.4, -0.2) is 80.5 Å². The smallest absolute Gasteiger partial charge is 0.326 e. The van der Waals surface area contributed by atoms with Crippen molar-refractivity contribution in [3.63, 3.8) is 0 Å². The third-order valence-corrected chi connectivity index (χ3v) is 5.65. The zero-order valence-corrected chi connectivity index (χ0v) is 21.5. The van der Waals surface area contributed by atoms with Gasteiger partial charge in [-0.05, 0) is 43.9 Å². The van der Waals surface area contributed by atoms with Gasteiger partial charge < -0.3 is 48.3 Å². The number of phenols is 1. The van der Waals surface area contributed by atoms with E-state index in [0.717, 1.165) is 5.56 Å². The Morgan fingerprint density at radius 2 is 1.67 bits per heavy atom. The van der Waals surface area contributed by atoms with E-state index in [4.69, 9.17) is 17.2 Å². The molecule has 0 radical (unpaired) electrons. The van der Waals surface area contributed by atoms with Crippen LogP contribution in [0.1, 0.15) is 31.0 Å². The molecular formula is C24H35N9O6. The molecule has 4 unspecified atom stereocenters. The fourth-order valence-corrected chi connectivity index (χ4v) is 3.52. The number of rotatable bonds is 15. The van der Waals surface area contributed by atoms with E-state index >= 15 is 0 Å². The van der Waals surface area contributed by atoms with Crippen LogP contribution < -0.4 is 33.2 Å². The molecule has 1 heterocycles. The molecule has 2 aromatic rings. The van der Waals surface area contributed by atoms with Gasteiger partial charge >= 0.3 is 5.97 Å². The highest BCUT2D eigenvalue weighted by atomic mass is 16.4. The van der Waals surface area contributed by atoms with Crippen molar-refractivity contribution in [2.45, 2.75) is 56.8 Å². The van der Waals surface area contributed by atoms with Gasteiger partial charge in [0.05, 0.1) is 12.4 Å². The molecule has 0 spiro atoms. The fraction of sp³-hybridized carbons (Fsp3) is 0.417. The van der Waals surface area contributed by atoms with E-state index in [1.807, 2.05) is 0 Å². The number of carboxylic acid groups (broad SMARTS) is 1. The highest BCUT2D eigenvalue weighted by molar-refractivity contribution is 5.94. The van der Waals surface area contributed by atoms with Crippen LogP contribution in [0.25, 0.3) is 0 Å². The van der Waals surface area contributed by atoms with Gasteiger partial charge in [-0.2, -0.15) is 0 Å². The summed E-state index contributed by atoms with van der Waals surface area (Å²) in [6, 6.07) is 1.75. The lowest BCUT2D eigenvalue weighted by atomic mass is 10.1. The lowest BCUT2D eigenvalue weighted by molar-refractivity contribution is -0.142. The first kappa shape index (κ1) is 30.6. The number of aromatic nitrogens is 2. The molecule has 15 nitrogen and oxygen atoms in total. The van der Waals surface area contributed by atoms with Gasteiger partial charge in [0.1, 0.15) is 23.9 Å². The lowest BCUT2D eigenvalue weighted by Crippen LogP contribution is -2.57. The third kappa shape index (κ3) is 10.7. The summed E-state index contributed by atoms with van der Waals surface area (Å²) in [5.41, 5.74) is 17.7. The standard InChI is InChI=1S/C24H35N9O6/c1-13(31-21(36)17(25)9-14-4-6-16(34)7-5-14)20(35)33-19(10-15-11-28-12-30-15)22(37)32-18(23(38)39)3-2-8-29-24(26)27/h4-7,11-13,17-19,34H,2-3,8-10,25H2,1H3,(H,28,30)(H,31,36)(H,32,37)(H,33,35)(H,38,39)(H4,26,27,29). The van der Waals surface area contributed by atoms with Crippen LogP contribution in [0, 0.1) is 0 Å². The molecule has 4 atom stereocenters. The van der Waals surface area contributed by atoms with Crippen molar-refractivity contribution in [3.8, 4) is 5.75 Å². The number of imidazole rings is 1. The second-order valence-corrected chi connectivity index (χ2v) is 8.90. The number of phenolic OH excluding ortho intramolecular Hbond substituents is 1. The summed E-state index contributed by atoms with van der Waals surface area (Å²) in [6.45, 7) is 1.61. The molecule has 3 amide bonds. The number of nitrogens with zero attached hydrogens (tertiary/aromatic N) is 2. The van der Waals surface area contributed by atoms with E-state index in [-0.39, 0.29) is 37.5 Å². The molecule has 0 saturated carbocycles. The SMILES string of the molecule is CC(NC(=O)C(N)Cc1ccc(O)cc1)C(=O)NC(Cc1cnc[nH]1)C(=O)NC(CCCN=C(N)N)C(=O)O. The number of aromatic amines is 1. The molecular weight excluding hydrogens is 510 g/mol. The zero-order valence-electron chi connectivity index (χ0n) is 21.5. The topological polar surface area (TPSA) is 264 Å². The van der Waals surface area contributed by atoms with E-state index in [1.165, 1.54) is 31.6 Å². The van der Waals surface area contributed by atoms with Gasteiger partial charge in [0.15, 0.2) is 5.96 Å². The predicted octanol–water partition coefficient (Wildman–Crippen LogP) is -2.16. The van der Waals surface area contributed by atoms with Gasteiger partial charge in [-0.15, -0.1) is 0 Å². The van der Waals surface area contributed by atoms with E-state index in [9.17, 15) is 29.4 Å². The van der Waals surface area contributed by atoms with Crippen LogP contribution in [0.5, 0.6) is 5.75 Å². The van der Waals surface area contributed by atoms with Crippen LogP contribution in [0.2, 0.25) is 0 Å². The van der Waals surface area contributed by atoms with Crippen LogP contribution in [0.4, 0.5) is 0 Å². The van der Waals surface area contributed by atoms with Gasteiger partial charge in [-0.1, -0.05) is 12.1 Å². The van der Waals surface area contributed by atoms with Crippen molar-refractivity contribution in [3.05, 3.63) is 48.0 Å². The van der Waals surface area contributed by atoms with Crippen molar-refractivity contribution >= 4 is 29.7 Å². The molecule has 0 bridgehead atoms. The Balaban J connectivity index is 2.01. The average Bonchev–Trinajstić information content (AvgIpc) is 3.39. The molecule has 12 N–H and O–H groups in total. The van der Waals surface area contributed by atoms with Gasteiger partial charge in [0.2, 0.25) is 17.7 Å². The summed E-state index contributed by atoms with van der Waals surface area (Å²) in [5, 5.41) is 26.4. The van der Waals surface area contributed by atoms with E-state index in [0.29, 0.717) is 12.1 Å². The van der Waals surface area contributed by atoms with Gasteiger partial charge in [-0.3, -0.25) is 19.4 Å². The minimum absolute atomic E-state index is 0.0149. The molecule has 0 fully saturated rings. The average molecular weight is 546 g/mol. The highest BCUT2D eigenvalue weighted by Gasteiger charge is 2.29. The first-order valence-corrected chi connectivity index (χ1v) is 12.2. The van der Waals surface area contributed by atoms with Crippen molar-refractivity contribution < 1.29 is 29.4 Å². The Morgan fingerprint density at radius 1 is 1.00 bits per heavy atom. The number of aromatic hydroxyl groups is 1. The Kier molecular flexibility index (Phi) is 11.7. The second kappa shape index (κ2) is 14.9. The van der Waals surface area contributed by atoms with E-state index in [1.54, 1.807) is 12.1 Å². The normalized spacial score (nSPS) is 13.8. The monoisotopic (exact) mass is 545 g/mol. The van der Waals surface area contributed by atoms with Gasteiger partial charge in [0.25, 0.3) is 0 Å². The largest absolute Gasteiger partial charge is 0.508 e.